The predicted molar refractivity (Wildman–Crippen MR) is 549 cm³/mol. The molecule has 4 aromatic heterocycles. The zero-order valence-electron chi connectivity index (χ0n) is 74.7. The van der Waals surface area contributed by atoms with E-state index in [4.69, 9.17) is 24.4 Å². The first-order valence-electron chi connectivity index (χ1n) is 46.1. The third kappa shape index (κ3) is 11.5. The summed E-state index contributed by atoms with van der Waals surface area (Å²) >= 11 is 0. The highest BCUT2D eigenvalue weighted by atomic mass is 16.3. The Hall–Kier alpha value is -16.0. The van der Waals surface area contributed by atoms with Crippen LogP contribution in [0.2, 0.25) is 0 Å². The molecule has 0 radical (unpaired) electrons. The maximum Gasteiger partial charge on any atom is 0.227 e. The van der Waals surface area contributed by atoms with Gasteiger partial charge in [0.05, 0.1) is 33.5 Å². The van der Waals surface area contributed by atoms with Crippen molar-refractivity contribution in [1.82, 2.24) is 24.5 Å². The van der Waals surface area contributed by atoms with E-state index >= 15 is 0 Å². The zero-order valence-corrected chi connectivity index (χ0v) is 74.7. The number of hydrogen-bond acceptors (Lipinski definition) is 5. The second-order valence-electron chi connectivity index (χ2n) is 38.6. The van der Waals surface area contributed by atoms with Gasteiger partial charge in [-0.15, -0.1) is 0 Å². The van der Waals surface area contributed by atoms with Crippen molar-refractivity contribution in [2.75, 3.05) is 0 Å². The molecule has 19 aromatic carbocycles. The van der Waals surface area contributed by atoms with Gasteiger partial charge in [-0.2, -0.15) is 0 Å². The highest BCUT2D eigenvalue weighted by Crippen LogP contribution is 2.57. The molecule has 6 heteroatoms. The van der Waals surface area contributed by atoms with Gasteiger partial charge in [0.25, 0.3) is 0 Å². The fraction of sp³-hybridized carbons (Fsp3) is 0.0952. The van der Waals surface area contributed by atoms with E-state index in [1.807, 2.05) is 0 Å². The third-order valence-corrected chi connectivity index (χ3v) is 29.9. The number of imidazole rings is 1. The Morgan fingerprint density at radius 3 is 0.939 bits per heavy atom. The Morgan fingerprint density at radius 1 is 0.205 bits per heavy atom. The molecule has 4 aliphatic rings. The molecule has 132 heavy (non-hydrogen) atoms. The van der Waals surface area contributed by atoms with Crippen LogP contribution in [0.25, 0.3) is 227 Å². The van der Waals surface area contributed by atoms with Gasteiger partial charge in [-0.3, -0.25) is 4.57 Å². The second-order valence-corrected chi connectivity index (χ2v) is 38.6. The summed E-state index contributed by atoms with van der Waals surface area (Å²) in [5, 5.41) is 11.5. The molecule has 624 valence electrons. The summed E-state index contributed by atoms with van der Waals surface area (Å²) in [6.45, 7) is 18.9. The van der Waals surface area contributed by atoms with Crippen LogP contribution in [0.4, 0.5) is 0 Å². The van der Waals surface area contributed by atoms with Crippen LogP contribution >= 0.6 is 0 Å². The second kappa shape index (κ2) is 28.7. The van der Waals surface area contributed by atoms with Gasteiger partial charge in [-0.1, -0.05) is 365 Å². The lowest BCUT2D eigenvalue weighted by Gasteiger charge is -2.23. The normalized spacial score (nSPS) is 14.2. The van der Waals surface area contributed by atoms with E-state index in [0.29, 0.717) is 5.89 Å². The molecule has 0 saturated carbocycles. The van der Waals surface area contributed by atoms with Gasteiger partial charge in [0, 0.05) is 81.9 Å². The summed E-state index contributed by atoms with van der Waals surface area (Å²) in [5.41, 5.74) is 43.4. The lowest BCUT2D eigenvalue weighted by atomic mass is 9.81. The van der Waals surface area contributed by atoms with E-state index in [1.165, 1.54) is 150 Å². The Morgan fingerprint density at radius 2 is 0.515 bits per heavy atom. The molecule has 0 atom stereocenters. The number of fused-ring (bicyclic) bond motifs is 25. The molecule has 23 aromatic rings. The van der Waals surface area contributed by atoms with E-state index in [1.54, 1.807) is 0 Å². The minimum Gasteiger partial charge on any atom is -0.435 e. The lowest BCUT2D eigenvalue weighted by molar-refractivity contribution is 0.623. The number of hydrogen-bond donors (Lipinski definition) is 0. The predicted octanol–water partition coefficient (Wildman–Crippen LogP) is 33.1. The fourth-order valence-corrected chi connectivity index (χ4v) is 23.1. The van der Waals surface area contributed by atoms with Gasteiger partial charge < -0.3 is 4.42 Å². The summed E-state index contributed by atoms with van der Waals surface area (Å²) in [7, 11) is 0. The van der Waals surface area contributed by atoms with Gasteiger partial charge in [-0.25, -0.2) is 19.9 Å². The quantitative estimate of drug-likeness (QED) is 0.135. The Kier molecular flexibility index (Phi) is 16.8. The van der Waals surface area contributed by atoms with Gasteiger partial charge in [0.1, 0.15) is 11.3 Å². The SMILES string of the molecule is CC1(C)c2ccccc2-c2ccc(-c3cc4c(-c5ccc6c(c5)C(C)(C)c5ccccc5-6)cc(-c5ccc(-c6nc7c8ccccc8c8ccccc8c7o6)cc5)nc4c4ccccc34)cc21.CC1(C)c2ccccc2-c2ccc(-c3cc4c(-c5ccc6c(c5)C(C)(C)c5ccccc5-6)cc(-c5ccc(-c6nc7ccccc7n6-c6ccccc6)cc5)nc4c4ccccc34)cc21. The first kappa shape index (κ1) is 77.1. The van der Waals surface area contributed by atoms with E-state index in [-0.39, 0.29) is 21.7 Å². The molecule has 0 N–H and O–H groups in total. The number of oxazole rings is 1. The number of aromatic nitrogens is 5. The van der Waals surface area contributed by atoms with Crippen molar-refractivity contribution in [3.63, 3.8) is 0 Å². The zero-order chi connectivity index (χ0) is 88.4. The highest BCUT2D eigenvalue weighted by Gasteiger charge is 2.41. The van der Waals surface area contributed by atoms with Crippen LogP contribution in [-0.4, -0.2) is 24.5 Å². The number of nitrogens with zero attached hydrogens (tertiary/aromatic N) is 5. The van der Waals surface area contributed by atoms with Gasteiger partial charge >= 0.3 is 0 Å². The van der Waals surface area contributed by atoms with Crippen molar-refractivity contribution in [2.45, 2.75) is 77.0 Å². The van der Waals surface area contributed by atoms with E-state index in [9.17, 15) is 0 Å². The molecule has 0 unspecified atom stereocenters. The van der Waals surface area contributed by atoms with Crippen LogP contribution < -0.4 is 0 Å². The molecule has 0 aliphatic heterocycles. The number of rotatable bonds is 9. The Balaban J connectivity index is 0.000000138. The largest absolute Gasteiger partial charge is 0.435 e. The maximum absolute atomic E-state index is 6.65. The maximum atomic E-state index is 6.65. The molecule has 6 nitrogen and oxygen atoms in total. The van der Waals surface area contributed by atoms with Crippen LogP contribution in [-0.2, 0) is 21.7 Å². The van der Waals surface area contributed by atoms with E-state index < -0.39 is 0 Å². The van der Waals surface area contributed by atoms with Crippen LogP contribution in [0, 0.1) is 0 Å². The highest BCUT2D eigenvalue weighted by molar-refractivity contribution is 6.23. The summed E-state index contributed by atoms with van der Waals surface area (Å²) < 4.78 is 8.91. The molecule has 0 bridgehead atoms. The summed E-state index contributed by atoms with van der Waals surface area (Å²) in [6, 6.07) is 144. The van der Waals surface area contributed by atoms with Crippen molar-refractivity contribution in [3.05, 3.63) is 439 Å². The minimum atomic E-state index is -0.140. The fourth-order valence-electron chi connectivity index (χ4n) is 23.1. The van der Waals surface area contributed by atoms with Crippen LogP contribution in [0.3, 0.4) is 0 Å². The standard InChI is InChI=1S/C64H44N2O.C62H45N3/c1-63(2)54-23-13-11-18-44(54)46-31-29-39(33-56(46)63)51-35-53-52(40-30-32-47-45-19-12-14-24-55(45)64(3,4)57(47)34-40)36-58(65-59(53)48-20-8-6-17-43(48)51)37-25-27-38(28-26-37)62-66-60-49-21-9-5-15-41(49)42-16-7-10-22-50(42)61(60)67-62;1-61(2)52-22-12-10-19-44(52)46-32-30-40(34-54(46)61)49-36-51-50(41-31-33-47-45-20-11-13-23-53(45)62(3,4)55(47)35-41)37-57(63-59(51)48-21-9-8-18-43(48)49)38-26-28-39(29-27-38)60-64-56-24-14-15-25-58(56)65(60)42-16-6-5-7-17-42/h5-36H,1-4H3;5-37H,1-4H3. The number of pyridine rings is 2. The van der Waals surface area contributed by atoms with Crippen molar-refractivity contribution in [2.24, 2.45) is 0 Å². The first-order valence-corrected chi connectivity index (χ1v) is 46.1. The Bertz CT molecular complexity index is 8810. The smallest absolute Gasteiger partial charge is 0.227 e. The molecule has 0 saturated heterocycles. The summed E-state index contributed by atoms with van der Waals surface area (Å²) in [6.07, 6.45) is 0. The Labute approximate surface area is 766 Å². The monoisotopic (exact) mass is 1690 g/mol. The van der Waals surface area contributed by atoms with Crippen LogP contribution in [0.15, 0.2) is 399 Å². The molecule has 4 aliphatic carbocycles. The molecule has 27 rings (SSSR count). The lowest BCUT2D eigenvalue weighted by Crippen LogP contribution is -2.15. The molecule has 0 spiro atoms. The van der Waals surface area contributed by atoms with Crippen molar-refractivity contribution in [3.8, 4) is 140 Å². The molecular formula is C126H89N5O. The topological polar surface area (TPSA) is 69.6 Å². The van der Waals surface area contributed by atoms with Crippen LogP contribution in [0.1, 0.15) is 99.9 Å². The number of benzene rings is 19. The van der Waals surface area contributed by atoms with Gasteiger partial charge in [0.2, 0.25) is 5.89 Å². The summed E-state index contributed by atoms with van der Waals surface area (Å²) in [5.74, 6) is 1.52. The van der Waals surface area contributed by atoms with Crippen molar-refractivity contribution >= 4 is 87.0 Å². The number of para-hydroxylation sites is 3. The third-order valence-electron chi connectivity index (χ3n) is 29.9. The van der Waals surface area contributed by atoms with E-state index in [2.05, 4.69) is 454 Å². The first-order chi connectivity index (χ1) is 64.5. The van der Waals surface area contributed by atoms with Crippen molar-refractivity contribution in [1.29, 1.82) is 0 Å². The molecule has 0 fully saturated rings. The van der Waals surface area contributed by atoms with Crippen molar-refractivity contribution < 1.29 is 4.42 Å². The average Bonchev–Trinajstić information content (AvgIpc) is 1.59. The van der Waals surface area contributed by atoms with E-state index in [0.717, 1.165) is 116 Å². The molecule has 4 heterocycles. The molecule has 0 amide bonds. The minimum absolute atomic E-state index is 0.102. The van der Waals surface area contributed by atoms with Gasteiger partial charge in [0.15, 0.2) is 5.58 Å². The molecular weight excluding hydrogens is 1600 g/mol. The van der Waals surface area contributed by atoms with Gasteiger partial charge in [-0.05, 0) is 240 Å². The summed E-state index contributed by atoms with van der Waals surface area (Å²) in [4.78, 5) is 21.5. The van der Waals surface area contributed by atoms with Crippen LogP contribution in [0.5, 0.6) is 0 Å². The average molecular weight is 1690 g/mol.